The molecule has 8 heteroatoms. The van der Waals surface area contributed by atoms with E-state index in [9.17, 15) is 0 Å². The molecular weight excluding hydrogens is 845 g/mol. The van der Waals surface area contributed by atoms with Crippen molar-refractivity contribution in [3.05, 3.63) is 248 Å². The molecule has 13 rings (SSSR count). The van der Waals surface area contributed by atoms with E-state index in [2.05, 4.69) is 261 Å². The average molecular weight is 889 g/mol. The van der Waals surface area contributed by atoms with E-state index in [1.807, 2.05) is 22.9 Å². The number of rotatable bonds is 10. The highest BCUT2D eigenvalue weighted by molar-refractivity contribution is 6.12. The summed E-state index contributed by atoms with van der Waals surface area (Å²) < 4.78 is 6.56. The second kappa shape index (κ2) is 16.5. The van der Waals surface area contributed by atoms with Gasteiger partial charge >= 0.3 is 0 Å². The molecule has 13 aromatic rings. The Balaban J connectivity index is 1.03. The van der Waals surface area contributed by atoms with Crippen LogP contribution in [0.1, 0.15) is 5.56 Å². The number of hydrogen-bond donors (Lipinski definition) is 1. The molecule has 0 fully saturated rings. The summed E-state index contributed by atoms with van der Waals surface area (Å²) in [7, 11) is 0. The normalized spacial score (nSPS) is 11.6. The van der Waals surface area contributed by atoms with Gasteiger partial charge in [-0.05, 0) is 152 Å². The van der Waals surface area contributed by atoms with Crippen LogP contribution in [-0.4, -0.2) is 29.3 Å². The lowest BCUT2D eigenvalue weighted by Gasteiger charge is -2.26. The Morgan fingerprint density at radius 1 is 0.391 bits per heavy atom. The fourth-order valence-electron chi connectivity index (χ4n) is 10.0. The van der Waals surface area contributed by atoms with Crippen molar-refractivity contribution < 1.29 is 0 Å². The molecule has 10 aromatic carbocycles. The Bertz CT molecular complexity index is 3760. The number of anilines is 6. The summed E-state index contributed by atoms with van der Waals surface area (Å²) in [6.45, 7) is 2.16. The number of benzene rings is 10. The number of fused-ring (bicyclic) bond motifs is 5. The van der Waals surface area contributed by atoms with Crippen LogP contribution in [0.4, 0.5) is 34.1 Å². The van der Waals surface area contributed by atoms with Crippen LogP contribution in [0.25, 0.3) is 72.1 Å². The van der Waals surface area contributed by atoms with Gasteiger partial charge in [-0.15, -0.1) is 5.10 Å². The van der Waals surface area contributed by atoms with Gasteiger partial charge in [0, 0.05) is 56.1 Å². The van der Waals surface area contributed by atoms with Gasteiger partial charge < -0.3 is 14.4 Å². The van der Waals surface area contributed by atoms with Gasteiger partial charge in [-0.3, -0.25) is 9.78 Å². The standard InChI is InChI=1S/C61H44N8/c1-42-60(68-59-32-17-15-30-55(59)63-68)38-44(39-61(42)69-58-31-16-14-29-54(58)62-64-69)43-19-18-28-49(37-43)67-56-35-33-50(65(45-20-6-2-7-21-45)46-22-8-3-9-23-46)40-52(56)53-41-51(34-36-57(53)67)66(47-24-10-4-11-25-47)48-26-12-5-13-27-48/h2-41,63H,1H3. The van der Waals surface area contributed by atoms with E-state index in [1.165, 1.54) is 0 Å². The van der Waals surface area contributed by atoms with Gasteiger partial charge in [0.15, 0.2) is 0 Å². The van der Waals surface area contributed by atoms with E-state index >= 15 is 0 Å². The molecule has 328 valence electrons. The van der Waals surface area contributed by atoms with Crippen molar-refractivity contribution in [1.29, 1.82) is 0 Å². The molecular formula is C61H44N8. The number of aromatic nitrogens is 6. The lowest BCUT2D eigenvalue weighted by atomic mass is 10.00. The summed E-state index contributed by atoms with van der Waals surface area (Å²) in [5.74, 6) is 0. The molecule has 0 aliphatic carbocycles. The van der Waals surface area contributed by atoms with Crippen LogP contribution in [0.2, 0.25) is 0 Å². The highest BCUT2D eigenvalue weighted by Gasteiger charge is 2.22. The van der Waals surface area contributed by atoms with Crippen LogP contribution in [0.15, 0.2) is 243 Å². The van der Waals surface area contributed by atoms with Crippen molar-refractivity contribution in [2.24, 2.45) is 0 Å². The predicted molar refractivity (Wildman–Crippen MR) is 284 cm³/mol. The third-order valence-electron chi connectivity index (χ3n) is 13.3. The Labute approximate surface area is 398 Å². The van der Waals surface area contributed by atoms with Crippen LogP contribution in [0, 0.1) is 6.92 Å². The molecule has 0 bridgehead atoms. The van der Waals surface area contributed by atoms with Gasteiger partial charge in [0.1, 0.15) is 5.52 Å². The third kappa shape index (κ3) is 6.85. The zero-order valence-corrected chi connectivity index (χ0v) is 37.7. The van der Waals surface area contributed by atoms with Gasteiger partial charge in [-0.2, -0.15) is 0 Å². The highest BCUT2D eigenvalue weighted by Crippen LogP contribution is 2.43. The molecule has 0 saturated carbocycles. The topological polar surface area (TPSA) is 62.8 Å². The Morgan fingerprint density at radius 3 is 1.46 bits per heavy atom. The average Bonchev–Trinajstić information content (AvgIpc) is 3.98. The van der Waals surface area contributed by atoms with Crippen LogP contribution < -0.4 is 9.80 Å². The van der Waals surface area contributed by atoms with E-state index in [1.54, 1.807) is 0 Å². The Hall–Kier alpha value is -9.40. The van der Waals surface area contributed by atoms with Gasteiger partial charge in [0.25, 0.3) is 0 Å². The molecule has 1 N–H and O–H groups in total. The van der Waals surface area contributed by atoms with E-state index < -0.39 is 0 Å². The lowest BCUT2D eigenvalue weighted by Crippen LogP contribution is -2.12. The van der Waals surface area contributed by atoms with Crippen molar-refractivity contribution in [2.75, 3.05) is 9.80 Å². The molecule has 0 amide bonds. The second-order valence-electron chi connectivity index (χ2n) is 17.4. The fourth-order valence-corrected chi connectivity index (χ4v) is 10.0. The number of nitrogens with one attached hydrogen (secondary N) is 1. The summed E-state index contributed by atoms with van der Waals surface area (Å²) in [5, 5.41) is 15.2. The summed E-state index contributed by atoms with van der Waals surface area (Å²) in [6, 6.07) is 86.2. The van der Waals surface area contributed by atoms with Crippen LogP contribution in [0.5, 0.6) is 0 Å². The first-order chi connectivity index (χ1) is 34.1. The van der Waals surface area contributed by atoms with Crippen LogP contribution in [0.3, 0.4) is 0 Å². The number of hydrogen-bond acceptors (Lipinski definition) is 4. The molecule has 0 unspecified atom stereocenters. The largest absolute Gasteiger partial charge is 0.310 e. The predicted octanol–water partition coefficient (Wildman–Crippen LogP) is 15.7. The monoisotopic (exact) mass is 888 g/mol. The summed E-state index contributed by atoms with van der Waals surface area (Å²) in [4.78, 5) is 4.67. The molecule has 0 spiro atoms. The summed E-state index contributed by atoms with van der Waals surface area (Å²) >= 11 is 0. The maximum atomic E-state index is 4.71. The van der Waals surface area contributed by atoms with E-state index in [-0.39, 0.29) is 0 Å². The molecule has 0 saturated heterocycles. The van der Waals surface area contributed by atoms with Crippen molar-refractivity contribution in [3.8, 4) is 28.2 Å². The first kappa shape index (κ1) is 39.9. The molecule has 3 aromatic heterocycles. The van der Waals surface area contributed by atoms with E-state index in [0.717, 1.165) is 112 Å². The molecule has 8 nitrogen and oxygen atoms in total. The second-order valence-corrected chi connectivity index (χ2v) is 17.4. The Morgan fingerprint density at radius 2 is 0.899 bits per heavy atom. The summed E-state index contributed by atoms with van der Waals surface area (Å²) in [5.41, 5.74) is 19.0. The maximum absolute atomic E-state index is 4.71. The minimum absolute atomic E-state index is 0.849. The van der Waals surface area contributed by atoms with E-state index in [4.69, 9.17) is 5.21 Å². The molecule has 0 radical (unpaired) electrons. The zero-order chi connectivity index (χ0) is 45.8. The van der Waals surface area contributed by atoms with Crippen molar-refractivity contribution in [3.63, 3.8) is 0 Å². The molecule has 0 aliphatic heterocycles. The van der Waals surface area contributed by atoms with Crippen molar-refractivity contribution in [1.82, 2.24) is 29.3 Å². The summed E-state index contributed by atoms with van der Waals surface area (Å²) in [6.07, 6.45) is 0. The smallest absolute Gasteiger partial charge is 0.113 e. The lowest BCUT2D eigenvalue weighted by molar-refractivity contribution is 0.809. The third-order valence-corrected chi connectivity index (χ3v) is 13.3. The van der Waals surface area contributed by atoms with Gasteiger partial charge in [0.2, 0.25) is 0 Å². The van der Waals surface area contributed by atoms with Crippen molar-refractivity contribution in [2.45, 2.75) is 6.92 Å². The first-order valence-corrected chi connectivity index (χ1v) is 23.3. The van der Waals surface area contributed by atoms with Gasteiger partial charge in [-0.1, -0.05) is 114 Å². The molecule has 0 aliphatic rings. The Kier molecular flexibility index (Phi) is 9.54. The molecule has 3 heterocycles. The molecule has 0 atom stereocenters. The van der Waals surface area contributed by atoms with Gasteiger partial charge in [0.05, 0.1) is 39.0 Å². The number of H-pyrrole nitrogens is 1. The van der Waals surface area contributed by atoms with Gasteiger partial charge in [-0.25, -0.2) is 4.68 Å². The maximum Gasteiger partial charge on any atom is 0.113 e. The SMILES string of the molecule is Cc1c(-n2nnc3ccccc32)cc(-c2cccc(-n3c4ccc(N(c5ccccc5)c5ccccc5)cc4c4cc(N(c5ccccc5)c5ccccc5)ccc43)c2)cc1-n1[nH]c2ccccc21. The fraction of sp³-hybridized carbons (Fsp3) is 0.0164. The number of para-hydroxylation sites is 7. The quantitative estimate of drug-likeness (QED) is 0.149. The minimum atomic E-state index is 0.849. The van der Waals surface area contributed by atoms with E-state index in [0.29, 0.717) is 0 Å². The van der Waals surface area contributed by atoms with Crippen LogP contribution >= 0.6 is 0 Å². The zero-order valence-electron chi connectivity index (χ0n) is 37.7. The number of aromatic amines is 1. The first-order valence-electron chi connectivity index (χ1n) is 23.3. The minimum Gasteiger partial charge on any atom is -0.310 e. The molecule has 69 heavy (non-hydrogen) atoms. The highest BCUT2D eigenvalue weighted by atomic mass is 15.4. The van der Waals surface area contributed by atoms with Crippen molar-refractivity contribution >= 4 is 78.0 Å². The number of nitrogens with zero attached hydrogens (tertiary/aromatic N) is 7. The van der Waals surface area contributed by atoms with Crippen LogP contribution in [-0.2, 0) is 0 Å².